The van der Waals surface area contributed by atoms with Crippen LogP contribution in [0.15, 0.2) is 29.3 Å². The minimum absolute atomic E-state index is 0.518. The van der Waals surface area contributed by atoms with Crippen molar-refractivity contribution < 1.29 is 0 Å². The van der Waals surface area contributed by atoms with Gasteiger partial charge >= 0.3 is 0 Å². The molecule has 0 atom stereocenters. The first-order valence-corrected chi connectivity index (χ1v) is 5.31. The summed E-state index contributed by atoms with van der Waals surface area (Å²) in [4.78, 5) is 4.44. The Bertz CT molecular complexity index is 232. The lowest BCUT2D eigenvalue weighted by Gasteiger charge is -2.03. The van der Waals surface area contributed by atoms with Crippen LogP contribution in [0.4, 0.5) is 0 Å². The molecule has 14 heavy (non-hydrogen) atoms. The van der Waals surface area contributed by atoms with Crippen molar-refractivity contribution in [3.63, 3.8) is 0 Å². The summed E-state index contributed by atoms with van der Waals surface area (Å²) in [5.74, 6) is 1.15. The molecule has 0 bridgehead atoms. The van der Waals surface area contributed by atoms with Crippen molar-refractivity contribution in [1.82, 2.24) is 0 Å². The van der Waals surface area contributed by atoms with Gasteiger partial charge in [0.25, 0.3) is 0 Å². The summed E-state index contributed by atoms with van der Waals surface area (Å²) in [6.45, 7) is 15.6. The Morgan fingerprint density at radius 1 is 1.21 bits per heavy atom. The highest BCUT2D eigenvalue weighted by Crippen LogP contribution is 2.07. The number of rotatable bonds is 5. The maximum absolute atomic E-state index is 4.44. The molecule has 0 fully saturated rings. The van der Waals surface area contributed by atoms with Crippen molar-refractivity contribution in [2.45, 2.75) is 34.6 Å². The van der Waals surface area contributed by atoms with Crippen LogP contribution in [0.5, 0.6) is 0 Å². The Kier molecular flexibility index (Phi) is 6.18. The van der Waals surface area contributed by atoms with Gasteiger partial charge in [0.15, 0.2) is 0 Å². The zero-order valence-electron chi connectivity index (χ0n) is 10.2. The SMILES string of the molecule is C=C(/C=C\C(C)=NCC(C)C)C(C)C. The summed E-state index contributed by atoms with van der Waals surface area (Å²) in [5.41, 5.74) is 2.24. The summed E-state index contributed by atoms with van der Waals surface area (Å²) in [6.07, 6.45) is 4.11. The van der Waals surface area contributed by atoms with Crippen LogP contribution in [0.2, 0.25) is 0 Å². The highest BCUT2D eigenvalue weighted by atomic mass is 14.7. The molecule has 80 valence electrons. The van der Waals surface area contributed by atoms with E-state index in [0.717, 1.165) is 17.8 Å². The fourth-order valence-corrected chi connectivity index (χ4v) is 0.799. The molecule has 0 saturated heterocycles. The molecule has 0 aromatic heterocycles. The first kappa shape index (κ1) is 13.2. The van der Waals surface area contributed by atoms with Gasteiger partial charge in [-0.3, -0.25) is 4.99 Å². The van der Waals surface area contributed by atoms with Crippen LogP contribution < -0.4 is 0 Å². The van der Waals surface area contributed by atoms with Gasteiger partial charge in [0.2, 0.25) is 0 Å². The fraction of sp³-hybridized carbons (Fsp3) is 0.615. The van der Waals surface area contributed by atoms with E-state index < -0.39 is 0 Å². The molecule has 0 heterocycles. The van der Waals surface area contributed by atoms with Crippen molar-refractivity contribution in [2.24, 2.45) is 16.8 Å². The lowest BCUT2D eigenvalue weighted by Crippen LogP contribution is -1.96. The molecule has 0 unspecified atom stereocenters. The molecular formula is C13H23N. The maximum Gasteiger partial charge on any atom is 0.0415 e. The van der Waals surface area contributed by atoms with E-state index in [0.29, 0.717) is 11.8 Å². The Morgan fingerprint density at radius 3 is 2.21 bits per heavy atom. The number of allylic oxidation sites excluding steroid dienone is 3. The lowest BCUT2D eigenvalue weighted by atomic mass is 10.0. The van der Waals surface area contributed by atoms with Crippen LogP contribution in [0, 0.1) is 11.8 Å². The van der Waals surface area contributed by atoms with Crippen LogP contribution in [0.3, 0.4) is 0 Å². The number of nitrogens with zero attached hydrogens (tertiary/aromatic N) is 1. The van der Waals surface area contributed by atoms with Gasteiger partial charge in [-0.2, -0.15) is 0 Å². The summed E-state index contributed by atoms with van der Waals surface area (Å²) in [6, 6.07) is 0. The maximum atomic E-state index is 4.44. The quantitative estimate of drug-likeness (QED) is 0.464. The van der Waals surface area contributed by atoms with Crippen molar-refractivity contribution in [1.29, 1.82) is 0 Å². The van der Waals surface area contributed by atoms with E-state index >= 15 is 0 Å². The molecule has 0 radical (unpaired) electrons. The van der Waals surface area contributed by atoms with Crippen molar-refractivity contribution in [3.05, 3.63) is 24.3 Å². The van der Waals surface area contributed by atoms with Crippen molar-refractivity contribution in [3.8, 4) is 0 Å². The molecule has 0 aliphatic heterocycles. The lowest BCUT2D eigenvalue weighted by molar-refractivity contribution is 0.666. The normalized spacial score (nSPS) is 13.2. The highest BCUT2D eigenvalue weighted by molar-refractivity contribution is 5.93. The van der Waals surface area contributed by atoms with E-state index in [9.17, 15) is 0 Å². The van der Waals surface area contributed by atoms with E-state index in [4.69, 9.17) is 0 Å². The van der Waals surface area contributed by atoms with Crippen LogP contribution in [-0.2, 0) is 0 Å². The summed E-state index contributed by atoms with van der Waals surface area (Å²) in [5, 5.41) is 0. The third kappa shape index (κ3) is 6.64. The second-order valence-corrected chi connectivity index (χ2v) is 4.44. The molecule has 1 heteroatoms. The molecule has 1 nitrogen and oxygen atoms in total. The zero-order valence-corrected chi connectivity index (χ0v) is 10.2. The fourth-order valence-electron chi connectivity index (χ4n) is 0.799. The molecule has 0 aliphatic carbocycles. The highest BCUT2D eigenvalue weighted by Gasteiger charge is 1.95. The van der Waals surface area contributed by atoms with Gasteiger partial charge in [-0.1, -0.05) is 45.9 Å². The third-order valence-electron chi connectivity index (χ3n) is 1.99. The first-order chi connectivity index (χ1) is 6.43. The second kappa shape index (κ2) is 6.58. The Hall–Kier alpha value is -0.850. The van der Waals surface area contributed by atoms with Crippen LogP contribution in [0.25, 0.3) is 0 Å². The van der Waals surface area contributed by atoms with E-state index in [1.165, 1.54) is 0 Å². The molecule has 0 rings (SSSR count). The first-order valence-electron chi connectivity index (χ1n) is 5.31. The minimum Gasteiger partial charge on any atom is -0.290 e. The molecular weight excluding hydrogens is 170 g/mol. The van der Waals surface area contributed by atoms with Gasteiger partial charge < -0.3 is 0 Å². The van der Waals surface area contributed by atoms with E-state index in [2.05, 4.69) is 45.3 Å². The van der Waals surface area contributed by atoms with Gasteiger partial charge in [-0.05, 0) is 24.8 Å². The van der Waals surface area contributed by atoms with E-state index in [-0.39, 0.29) is 0 Å². The predicted molar refractivity (Wildman–Crippen MR) is 65.9 cm³/mol. The Morgan fingerprint density at radius 2 is 1.79 bits per heavy atom. The second-order valence-electron chi connectivity index (χ2n) is 4.44. The number of hydrogen-bond donors (Lipinski definition) is 0. The van der Waals surface area contributed by atoms with Crippen LogP contribution in [0.1, 0.15) is 34.6 Å². The number of aliphatic imine (C=N–C) groups is 1. The van der Waals surface area contributed by atoms with E-state index in [1.807, 2.05) is 13.0 Å². The van der Waals surface area contributed by atoms with Crippen molar-refractivity contribution >= 4 is 5.71 Å². The number of hydrogen-bond acceptors (Lipinski definition) is 1. The summed E-state index contributed by atoms with van der Waals surface area (Å²) >= 11 is 0. The monoisotopic (exact) mass is 193 g/mol. The summed E-state index contributed by atoms with van der Waals surface area (Å²) < 4.78 is 0. The molecule has 0 aromatic rings. The molecule has 0 aromatic carbocycles. The molecule has 0 amide bonds. The van der Waals surface area contributed by atoms with Crippen LogP contribution in [-0.4, -0.2) is 12.3 Å². The van der Waals surface area contributed by atoms with Crippen LogP contribution >= 0.6 is 0 Å². The molecule has 0 spiro atoms. The smallest absolute Gasteiger partial charge is 0.0415 e. The predicted octanol–water partition coefficient (Wildman–Crippen LogP) is 3.87. The average Bonchev–Trinajstić information content (AvgIpc) is 2.10. The van der Waals surface area contributed by atoms with Gasteiger partial charge in [-0.25, -0.2) is 0 Å². The standard InChI is InChI=1S/C13H23N/c1-10(2)9-14-13(6)8-7-12(5)11(3)4/h7-8,10-11H,5,9H2,1-4,6H3/b8-7-,14-13?. The molecule has 0 N–H and O–H groups in total. The molecule has 0 saturated carbocycles. The van der Waals surface area contributed by atoms with Crippen molar-refractivity contribution in [2.75, 3.05) is 6.54 Å². The topological polar surface area (TPSA) is 12.4 Å². The van der Waals surface area contributed by atoms with Gasteiger partial charge in [0, 0.05) is 12.3 Å². The van der Waals surface area contributed by atoms with Gasteiger partial charge in [-0.15, -0.1) is 0 Å². The molecule has 0 aliphatic rings. The third-order valence-corrected chi connectivity index (χ3v) is 1.99. The Labute approximate surface area is 88.6 Å². The Balaban J connectivity index is 4.10. The van der Waals surface area contributed by atoms with Gasteiger partial charge in [0.1, 0.15) is 0 Å². The zero-order chi connectivity index (χ0) is 11.1. The van der Waals surface area contributed by atoms with Gasteiger partial charge in [0.05, 0.1) is 0 Å². The minimum atomic E-state index is 0.518. The van der Waals surface area contributed by atoms with E-state index in [1.54, 1.807) is 0 Å². The largest absolute Gasteiger partial charge is 0.290 e. The average molecular weight is 193 g/mol. The summed E-state index contributed by atoms with van der Waals surface area (Å²) in [7, 11) is 0.